The van der Waals surface area contributed by atoms with E-state index >= 15 is 0 Å². The topological polar surface area (TPSA) is 89.8 Å². The van der Waals surface area contributed by atoms with E-state index in [0.29, 0.717) is 17.4 Å². The number of carbonyl (C=O) groups excluding carboxylic acids is 2. The molecule has 1 heterocycles. The molecule has 3 aromatic carbocycles. The molecule has 200 valence electrons. The molecule has 0 aliphatic heterocycles. The largest absolute Gasteiger partial charge is 0.346 e. The Kier molecular flexibility index (Phi) is 8.47. The fourth-order valence-electron chi connectivity index (χ4n) is 5.44. The average molecular weight is 542 g/mol. The van der Waals surface area contributed by atoms with E-state index in [9.17, 15) is 9.59 Å². The van der Waals surface area contributed by atoms with Crippen LogP contribution >= 0.6 is 11.6 Å². The summed E-state index contributed by atoms with van der Waals surface area (Å²) in [5, 5.41) is 14.9. The molecule has 5 rings (SSSR count). The van der Waals surface area contributed by atoms with E-state index in [0.717, 1.165) is 36.9 Å². The van der Waals surface area contributed by atoms with Gasteiger partial charge in [-0.15, -0.1) is 5.10 Å². The van der Waals surface area contributed by atoms with Gasteiger partial charge >= 0.3 is 0 Å². The van der Waals surface area contributed by atoms with E-state index in [-0.39, 0.29) is 24.0 Å². The van der Waals surface area contributed by atoms with E-state index in [1.165, 1.54) is 23.0 Å². The third-order valence-corrected chi connectivity index (χ3v) is 7.89. The summed E-state index contributed by atoms with van der Waals surface area (Å²) in [6.45, 7) is 1.77. The van der Waals surface area contributed by atoms with Crippen LogP contribution in [0.15, 0.2) is 79.1 Å². The molecule has 3 atom stereocenters. The fourth-order valence-corrected chi connectivity index (χ4v) is 5.64. The van der Waals surface area contributed by atoms with Gasteiger partial charge in [0.15, 0.2) is 5.78 Å². The highest BCUT2D eigenvalue weighted by Crippen LogP contribution is 2.37. The minimum Gasteiger partial charge on any atom is -0.346 e. The Labute approximate surface area is 233 Å². The van der Waals surface area contributed by atoms with Crippen LogP contribution in [-0.4, -0.2) is 37.9 Å². The predicted octanol–water partition coefficient (Wildman–Crippen LogP) is 5.96. The number of halogens is 1. The first-order valence-electron chi connectivity index (χ1n) is 13.5. The molecule has 0 unspecified atom stereocenters. The number of Topliss-reactive ketones (excluding diaryl/α,β-unsaturated/α-hetero) is 1. The maximum Gasteiger partial charge on any atom is 0.223 e. The monoisotopic (exact) mass is 541 g/mol. The quantitative estimate of drug-likeness (QED) is 0.282. The van der Waals surface area contributed by atoms with Gasteiger partial charge in [0.05, 0.1) is 11.7 Å². The second-order valence-electron chi connectivity index (χ2n) is 10.3. The number of nitrogens with zero attached hydrogens (tertiary/aromatic N) is 4. The average Bonchev–Trinajstić information content (AvgIpc) is 3.51. The number of hydrogen-bond donors (Lipinski definition) is 1. The molecule has 1 fully saturated rings. The SMILES string of the molecule is C[C@H](NC(=O)[C@@H]1CCC[C@H](c2ccc(-c3ccccc3)cc2)C1)C(=O)CCc1cc(Cl)ccc1-n1cnnn1. The van der Waals surface area contributed by atoms with Crippen LogP contribution in [0.3, 0.4) is 0 Å². The summed E-state index contributed by atoms with van der Waals surface area (Å²) in [6.07, 6.45) is 5.98. The third-order valence-electron chi connectivity index (χ3n) is 7.65. The molecule has 1 N–H and O–H groups in total. The van der Waals surface area contributed by atoms with Crippen LogP contribution in [0.25, 0.3) is 16.8 Å². The molecule has 1 aliphatic rings. The standard InChI is InChI=1S/C31H32ClN5O2/c1-21(30(38)17-14-26-19-28(32)15-16-29(26)37-20-33-35-36-37)34-31(39)27-9-5-8-25(18-27)24-12-10-23(11-13-24)22-6-3-2-4-7-22/h2-4,6-7,10-13,15-16,19-21,25,27H,5,8-9,14,17-18H2,1H3,(H,34,39)/t21-,25-,27+/m0/s1. The van der Waals surface area contributed by atoms with Crippen molar-refractivity contribution >= 4 is 23.3 Å². The Hall–Kier alpha value is -3.84. The molecule has 8 heteroatoms. The Morgan fingerprint density at radius 1 is 1.03 bits per heavy atom. The first-order chi connectivity index (χ1) is 19.0. The van der Waals surface area contributed by atoms with Gasteiger partial charge in [-0.25, -0.2) is 4.68 Å². The summed E-state index contributed by atoms with van der Waals surface area (Å²) in [7, 11) is 0. The Morgan fingerprint density at radius 3 is 2.54 bits per heavy atom. The summed E-state index contributed by atoms with van der Waals surface area (Å²) in [6, 6.07) is 23.9. The molecule has 1 amide bonds. The van der Waals surface area contributed by atoms with Gasteiger partial charge in [-0.05, 0) is 89.4 Å². The van der Waals surface area contributed by atoms with Crippen molar-refractivity contribution in [1.29, 1.82) is 0 Å². The molecular weight excluding hydrogens is 510 g/mol. The zero-order valence-electron chi connectivity index (χ0n) is 22.0. The van der Waals surface area contributed by atoms with Crippen molar-refractivity contribution in [1.82, 2.24) is 25.5 Å². The maximum absolute atomic E-state index is 13.2. The van der Waals surface area contributed by atoms with Crippen molar-refractivity contribution in [3.05, 3.63) is 95.3 Å². The Balaban J connectivity index is 1.16. The molecular formula is C31H32ClN5O2. The first-order valence-corrected chi connectivity index (χ1v) is 13.9. The molecule has 7 nitrogen and oxygen atoms in total. The lowest BCUT2D eigenvalue weighted by molar-refractivity contribution is -0.130. The summed E-state index contributed by atoms with van der Waals surface area (Å²) in [5.41, 5.74) is 5.32. The lowest BCUT2D eigenvalue weighted by Gasteiger charge is -2.29. The van der Waals surface area contributed by atoms with Crippen molar-refractivity contribution < 1.29 is 9.59 Å². The van der Waals surface area contributed by atoms with Gasteiger partial charge in [-0.3, -0.25) is 9.59 Å². The number of carbonyl (C=O) groups is 2. The van der Waals surface area contributed by atoms with Crippen molar-refractivity contribution in [3.63, 3.8) is 0 Å². The second kappa shape index (κ2) is 12.3. The van der Waals surface area contributed by atoms with Gasteiger partial charge in [0.1, 0.15) is 6.33 Å². The van der Waals surface area contributed by atoms with Crippen molar-refractivity contribution in [2.75, 3.05) is 0 Å². The third kappa shape index (κ3) is 6.60. The number of hydrogen-bond acceptors (Lipinski definition) is 5. The number of rotatable bonds is 9. The van der Waals surface area contributed by atoms with E-state index in [2.05, 4.69) is 57.2 Å². The zero-order valence-corrected chi connectivity index (χ0v) is 22.7. The number of nitrogens with one attached hydrogen (secondary N) is 1. The fraction of sp³-hybridized carbons (Fsp3) is 0.323. The number of ketones is 1. The van der Waals surface area contributed by atoms with Crippen LogP contribution < -0.4 is 5.32 Å². The summed E-state index contributed by atoms with van der Waals surface area (Å²) in [4.78, 5) is 26.1. The van der Waals surface area contributed by atoms with E-state index in [1.54, 1.807) is 17.7 Å². The molecule has 39 heavy (non-hydrogen) atoms. The highest BCUT2D eigenvalue weighted by Gasteiger charge is 2.29. The van der Waals surface area contributed by atoms with Gasteiger partial charge in [0.2, 0.25) is 5.91 Å². The number of benzene rings is 3. The van der Waals surface area contributed by atoms with E-state index < -0.39 is 6.04 Å². The minimum absolute atomic E-state index is 0.0187. The maximum atomic E-state index is 13.2. The van der Waals surface area contributed by atoms with Gasteiger partial charge in [-0.1, -0.05) is 72.6 Å². The molecule has 0 bridgehead atoms. The van der Waals surface area contributed by atoms with Crippen LogP contribution in [-0.2, 0) is 16.0 Å². The Bertz CT molecular complexity index is 1410. The van der Waals surface area contributed by atoms with Crippen LogP contribution in [0, 0.1) is 5.92 Å². The highest BCUT2D eigenvalue weighted by atomic mass is 35.5. The van der Waals surface area contributed by atoms with Gasteiger partial charge < -0.3 is 5.32 Å². The van der Waals surface area contributed by atoms with Gasteiger partial charge in [0, 0.05) is 17.4 Å². The smallest absolute Gasteiger partial charge is 0.223 e. The van der Waals surface area contributed by atoms with Crippen LogP contribution in [0.5, 0.6) is 0 Å². The number of amides is 1. The lowest BCUT2D eigenvalue weighted by Crippen LogP contribution is -2.42. The highest BCUT2D eigenvalue weighted by molar-refractivity contribution is 6.30. The molecule has 4 aromatic rings. The number of aromatic nitrogens is 4. The van der Waals surface area contributed by atoms with E-state index in [4.69, 9.17) is 11.6 Å². The van der Waals surface area contributed by atoms with Crippen LogP contribution in [0.4, 0.5) is 0 Å². The molecule has 0 radical (unpaired) electrons. The van der Waals surface area contributed by atoms with Crippen molar-refractivity contribution in [3.8, 4) is 16.8 Å². The summed E-state index contributed by atoms with van der Waals surface area (Å²) in [5.74, 6) is 0.207. The molecule has 0 spiro atoms. The number of aryl methyl sites for hydroxylation is 1. The number of tetrazole rings is 1. The van der Waals surface area contributed by atoms with Gasteiger partial charge in [0.25, 0.3) is 0 Å². The lowest BCUT2D eigenvalue weighted by atomic mass is 9.77. The van der Waals surface area contributed by atoms with Crippen molar-refractivity contribution in [2.45, 2.75) is 57.4 Å². The predicted molar refractivity (Wildman–Crippen MR) is 152 cm³/mol. The minimum atomic E-state index is -0.557. The molecule has 1 aromatic heterocycles. The molecule has 1 aliphatic carbocycles. The second-order valence-corrected chi connectivity index (χ2v) is 10.7. The molecule has 0 saturated heterocycles. The van der Waals surface area contributed by atoms with Crippen LogP contribution in [0.2, 0.25) is 5.02 Å². The van der Waals surface area contributed by atoms with Crippen molar-refractivity contribution in [2.24, 2.45) is 5.92 Å². The summed E-state index contributed by atoms with van der Waals surface area (Å²) < 4.78 is 1.55. The molecule has 1 saturated carbocycles. The normalized spacial score (nSPS) is 17.9. The Morgan fingerprint density at radius 2 is 1.79 bits per heavy atom. The van der Waals surface area contributed by atoms with Gasteiger partial charge in [-0.2, -0.15) is 0 Å². The van der Waals surface area contributed by atoms with Crippen LogP contribution in [0.1, 0.15) is 56.1 Å². The van der Waals surface area contributed by atoms with E-state index in [1.807, 2.05) is 30.3 Å². The zero-order chi connectivity index (χ0) is 27.2. The summed E-state index contributed by atoms with van der Waals surface area (Å²) >= 11 is 6.20. The first kappa shape index (κ1) is 26.8.